The van der Waals surface area contributed by atoms with Gasteiger partial charge in [-0.3, -0.25) is 14.2 Å². The molecule has 29 heavy (non-hydrogen) atoms. The SMILES string of the molecule is Cc1c(C(=O)NCC(N)c2ccccc2)sc2nc3n(c(=O)c12)CCCCC3.Cl. The van der Waals surface area contributed by atoms with E-state index in [4.69, 9.17) is 10.7 Å². The highest BCUT2D eigenvalue weighted by atomic mass is 35.5. The van der Waals surface area contributed by atoms with Gasteiger partial charge in [-0.15, -0.1) is 23.7 Å². The van der Waals surface area contributed by atoms with Crippen molar-refractivity contribution in [2.75, 3.05) is 6.54 Å². The molecule has 1 amide bonds. The number of carbonyl (C=O) groups is 1. The molecule has 4 rings (SSSR count). The number of aromatic nitrogens is 2. The number of amides is 1. The third-order valence-electron chi connectivity index (χ3n) is 5.33. The highest BCUT2D eigenvalue weighted by molar-refractivity contribution is 7.20. The van der Waals surface area contributed by atoms with E-state index in [1.165, 1.54) is 11.3 Å². The Bertz CT molecular complexity index is 1080. The first-order chi connectivity index (χ1) is 13.6. The van der Waals surface area contributed by atoms with E-state index in [0.717, 1.165) is 37.1 Å². The number of nitrogens with zero attached hydrogens (tertiary/aromatic N) is 2. The first kappa shape index (κ1) is 21.5. The molecule has 0 saturated heterocycles. The van der Waals surface area contributed by atoms with Crippen molar-refractivity contribution >= 4 is 39.9 Å². The summed E-state index contributed by atoms with van der Waals surface area (Å²) in [4.78, 5) is 31.7. The minimum atomic E-state index is -0.278. The van der Waals surface area contributed by atoms with Crippen molar-refractivity contribution in [3.63, 3.8) is 0 Å². The van der Waals surface area contributed by atoms with Gasteiger partial charge in [0.25, 0.3) is 11.5 Å². The molecule has 0 spiro atoms. The number of aryl methyl sites for hydroxylation is 2. The highest BCUT2D eigenvalue weighted by Crippen LogP contribution is 2.28. The van der Waals surface area contributed by atoms with Gasteiger partial charge < -0.3 is 11.1 Å². The number of halogens is 1. The van der Waals surface area contributed by atoms with E-state index in [1.807, 2.05) is 37.3 Å². The Morgan fingerprint density at radius 2 is 2.03 bits per heavy atom. The lowest BCUT2D eigenvalue weighted by molar-refractivity contribution is 0.0955. The van der Waals surface area contributed by atoms with Gasteiger partial charge in [0.1, 0.15) is 10.7 Å². The van der Waals surface area contributed by atoms with E-state index in [0.29, 0.717) is 33.7 Å². The van der Waals surface area contributed by atoms with Gasteiger partial charge >= 0.3 is 0 Å². The summed E-state index contributed by atoms with van der Waals surface area (Å²) in [7, 11) is 0. The van der Waals surface area contributed by atoms with Crippen LogP contribution in [0.25, 0.3) is 10.2 Å². The molecule has 0 saturated carbocycles. The number of nitrogens with two attached hydrogens (primary N) is 1. The van der Waals surface area contributed by atoms with Crippen molar-refractivity contribution in [1.82, 2.24) is 14.9 Å². The van der Waals surface area contributed by atoms with Crippen LogP contribution in [-0.4, -0.2) is 22.0 Å². The second-order valence-electron chi connectivity index (χ2n) is 7.26. The molecule has 6 nitrogen and oxygen atoms in total. The Hall–Kier alpha value is -2.22. The number of thiophene rings is 1. The van der Waals surface area contributed by atoms with Crippen LogP contribution in [0.3, 0.4) is 0 Å². The molecule has 1 aliphatic rings. The first-order valence-electron chi connectivity index (χ1n) is 9.68. The van der Waals surface area contributed by atoms with Crippen molar-refractivity contribution in [2.24, 2.45) is 5.73 Å². The van der Waals surface area contributed by atoms with Crippen LogP contribution in [-0.2, 0) is 13.0 Å². The van der Waals surface area contributed by atoms with Gasteiger partial charge in [-0.2, -0.15) is 0 Å². The molecule has 1 atom stereocenters. The van der Waals surface area contributed by atoms with Crippen LogP contribution in [0.5, 0.6) is 0 Å². The van der Waals surface area contributed by atoms with Crippen molar-refractivity contribution in [3.8, 4) is 0 Å². The Morgan fingerprint density at radius 1 is 1.28 bits per heavy atom. The lowest BCUT2D eigenvalue weighted by Crippen LogP contribution is -2.31. The number of fused-ring (bicyclic) bond motifs is 2. The minimum Gasteiger partial charge on any atom is -0.349 e. The van der Waals surface area contributed by atoms with Gasteiger partial charge in [-0.05, 0) is 30.9 Å². The van der Waals surface area contributed by atoms with Crippen molar-refractivity contribution < 1.29 is 4.79 Å². The second-order valence-corrected chi connectivity index (χ2v) is 8.26. The number of carbonyl (C=O) groups excluding carboxylic acids is 1. The number of nitrogens with one attached hydrogen (secondary N) is 1. The van der Waals surface area contributed by atoms with Crippen molar-refractivity contribution in [2.45, 2.75) is 45.2 Å². The molecule has 1 unspecified atom stereocenters. The van der Waals surface area contributed by atoms with Gasteiger partial charge in [0.15, 0.2) is 0 Å². The molecule has 154 valence electrons. The number of hydrogen-bond donors (Lipinski definition) is 2. The van der Waals surface area contributed by atoms with Gasteiger partial charge in [0, 0.05) is 25.6 Å². The minimum absolute atomic E-state index is 0. The molecule has 1 aliphatic heterocycles. The lowest BCUT2D eigenvalue weighted by atomic mass is 10.1. The van der Waals surface area contributed by atoms with Crippen molar-refractivity contribution in [3.05, 3.63) is 62.5 Å². The largest absolute Gasteiger partial charge is 0.349 e. The Morgan fingerprint density at radius 3 is 2.79 bits per heavy atom. The summed E-state index contributed by atoms with van der Waals surface area (Å²) >= 11 is 1.30. The second kappa shape index (κ2) is 9.07. The third kappa shape index (κ3) is 4.22. The van der Waals surface area contributed by atoms with Crippen LogP contribution in [0.15, 0.2) is 35.1 Å². The summed E-state index contributed by atoms with van der Waals surface area (Å²) in [6.07, 6.45) is 3.97. The summed E-state index contributed by atoms with van der Waals surface area (Å²) in [6.45, 7) is 2.87. The average Bonchev–Trinajstić information content (AvgIpc) is 2.88. The summed E-state index contributed by atoms with van der Waals surface area (Å²) in [5.41, 5.74) is 7.84. The number of hydrogen-bond acceptors (Lipinski definition) is 5. The summed E-state index contributed by atoms with van der Waals surface area (Å²) in [6, 6.07) is 9.40. The maximum Gasteiger partial charge on any atom is 0.262 e. The Kier molecular flexibility index (Phi) is 6.72. The number of rotatable bonds is 4. The number of benzene rings is 1. The van der Waals surface area contributed by atoms with E-state index in [-0.39, 0.29) is 29.9 Å². The first-order valence-corrected chi connectivity index (χ1v) is 10.5. The average molecular weight is 433 g/mol. The highest BCUT2D eigenvalue weighted by Gasteiger charge is 2.22. The monoisotopic (exact) mass is 432 g/mol. The fourth-order valence-electron chi connectivity index (χ4n) is 3.73. The standard InChI is InChI=1S/C21H24N4O2S.ClH/c1-13-17-20(24-16-10-6-3-7-11-25(16)21(17)27)28-18(13)19(26)23-12-15(22)14-8-4-2-5-9-14;/h2,4-5,8-9,15H,3,6-7,10-12,22H2,1H3,(H,23,26);1H. The predicted octanol–water partition coefficient (Wildman–Crippen LogP) is 3.34. The Balaban J connectivity index is 0.00000240. The lowest BCUT2D eigenvalue weighted by Gasteiger charge is -2.12. The quantitative estimate of drug-likeness (QED) is 0.661. The van der Waals surface area contributed by atoms with E-state index in [9.17, 15) is 9.59 Å². The van der Waals surface area contributed by atoms with Crippen LogP contribution in [0.2, 0.25) is 0 Å². The van der Waals surface area contributed by atoms with Crippen LogP contribution < -0.4 is 16.6 Å². The van der Waals surface area contributed by atoms with E-state index in [2.05, 4.69) is 5.32 Å². The van der Waals surface area contributed by atoms with Crippen LogP contribution in [0.1, 0.15) is 51.9 Å². The van der Waals surface area contributed by atoms with Gasteiger partial charge in [-0.25, -0.2) is 4.98 Å². The van der Waals surface area contributed by atoms with E-state index >= 15 is 0 Å². The summed E-state index contributed by atoms with van der Waals surface area (Å²) in [5.74, 6) is 0.640. The maximum atomic E-state index is 13.0. The van der Waals surface area contributed by atoms with E-state index in [1.54, 1.807) is 4.57 Å². The molecule has 3 heterocycles. The van der Waals surface area contributed by atoms with Crippen molar-refractivity contribution in [1.29, 1.82) is 0 Å². The Labute approximate surface area is 179 Å². The fraction of sp³-hybridized carbons (Fsp3) is 0.381. The van der Waals surface area contributed by atoms with Crippen LogP contribution in [0.4, 0.5) is 0 Å². The van der Waals surface area contributed by atoms with Gasteiger partial charge in [0.2, 0.25) is 0 Å². The molecule has 2 aromatic heterocycles. The molecular formula is C21H25ClN4O2S. The van der Waals surface area contributed by atoms with Crippen LogP contribution in [0, 0.1) is 6.92 Å². The topological polar surface area (TPSA) is 90.0 Å². The predicted molar refractivity (Wildman–Crippen MR) is 119 cm³/mol. The molecule has 3 N–H and O–H groups in total. The van der Waals surface area contributed by atoms with Gasteiger partial charge in [0.05, 0.1) is 10.3 Å². The molecule has 0 bridgehead atoms. The van der Waals surface area contributed by atoms with Gasteiger partial charge in [-0.1, -0.05) is 36.8 Å². The summed E-state index contributed by atoms with van der Waals surface area (Å²) in [5, 5.41) is 3.48. The zero-order valence-electron chi connectivity index (χ0n) is 16.3. The van der Waals surface area contributed by atoms with Crippen LogP contribution >= 0.6 is 23.7 Å². The smallest absolute Gasteiger partial charge is 0.262 e. The molecule has 0 aliphatic carbocycles. The molecule has 3 aromatic rings. The maximum absolute atomic E-state index is 13.0. The molecule has 1 aromatic carbocycles. The normalized spacial score (nSPS) is 14.6. The zero-order chi connectivity index (χ0) is 19.7. The molecule has 8 heteroatoms. The molecule has 0 fully saturated rings. The fourth-order valence-corrected chi connectivity index (χ4v) is 4.83. The third-order valence-corrected chi connectivity index (χ3v) is 6.51. The molecule has 0 radical (unpaired) electrons. The van der Waals surface area contributed by atoms with E-state index < -0.39 is 0 Å². The summed E-state index contributed by atoms with van der Waals surface area (Å²) < 4.78 is 1.79. The zero-order valence-corrected chi connectivity index (χ0v) is 17.9. The molecular weight excluding hydrogens is 408 g/mol.